The van der Waals surface area contributed by atoms with E-state index < -0.39 is 29.2 Å². The number of hydrogen-bond donors (Lipinski definition) is 2. The Balaban J connectivity index is 1.55. The van der Waals surface area contributed by atoms with Crippen LogP contribution in [0.25, 0.3) is 16.9 Å². The molecule has 0 radical (unpaired) electrons. The van der Waals surface area contributed by atoms with Crippen LogP contribution < -0.4 is 10.6 Å². The van der Waals surface area contributed by atoms with Crippen LogP contribution in [0.15, 0.2) is 60.9 Å². The van der Waals surface area contributed by atoms with E-state index in [0.29, 0.717) is 5.69 Å². The first-order valence-electron chi connectivity index (χ1n) is 8.68. The predicted octanol–water partition coefficient (Wildman–Crippen LogP) is 5.37. The molecular formula is C21H15F3N4O. The molecule has 146 valence electrons. The largest absolute Gasteiger partial charge is 0.323 e. The van der Waals surface area contributed by atoms with Crippen LogP contribution in [0.3, 0.4) is 0 Å². The highest BCUT2D eigenvalue weighted by Crippen LogP contribution is 2.24. The average Bonchev–Trinajstić information content (AvgIpc) is 3.15. The van der Waals surface area contributed by atoms with Gasteiger partial charge in [0.15, 0.2) is 17.5 Å². The number of pyridine rings is 1. The lowest BCUT2D eigenvalue weighted by Crippen LogP contribution is -2.20. The maximum Gasteiger partial charge on any atom is 0.323 e. The van der Waals surface area contributed by atoms with E-state index in [4.69, 9.17) is 0 Å². The summed E-state index contributed by atoms with van der Waals surface area (Å²) in [5, 5.41) is 4.70. The van der Waals surface area contributed by atoms with Crippen LogP contribution in [0.2, 0.25) is 0 Å². The summed E-state index contributed by atoms with van der Waals surface area (Å²) in [7, 11) is 0. The van der Waals surface area contributed by atoms with Gasteiger partial charge in [-0.15, -0.1) is 0 Å². The van der Waals surface area contributed by atoms with Gasteiger partial charge in [0.05, 0.1) is 11.4 Å². The van der Waals surface area contributed by atoms with E-state index in [1.165, 1.54) is 0 Å². The smallest absolute Gasteiger partial charge is 0.308 e. The Morgan fingerprint density at radius 1 is 1.00 bits per heavy atom. The third-order valence-electron chi connectivity index (χ3n) is 4.38. The Bertz CT molecular complexity index is 1240. The highest BCUT2D eigenvalue weighted by atomic mass is 19.2. The number of fused-ring (bicyclic) bond motifs is 1. The van der Waals surface area contributed by atoms with Crippen molar-refractivity contribution in [2.24, 2.45) is 0 Å². The number of benzene rings is 2. The third kappa shape index (κ3) is 3.64. The minimum atomic E-state index is -1.65. The van der Waals surface area contributed by atoms with Gasteiger partial charge in [-0.2, -0.15) is 0 Å². The normalized spacial score (nSPS) is 10.9. The van der Waals surface area contributed by atoms with Gasteiger partial charge in [-0.1, -0.05) is 18.2 Å². The molecule has 0 saturated heterocycles. The van der Waals surface area contributed by atoms with Gasteiger partial charge in [0.2, 0.25) is 0 Å². The second kappa shape index (κ2) is 7.31. The van der Waals surface area contributed by atoms with Gasteiger partial charge in [0.1, 0.15) is 5.65 Å². The number of aromatic nitrogens is 2. The summed E-state index contributed by atoms with van der Waals surface area (Å²) >= 11 is 0. The first-order chi connectivity index (χ1) is 13.9. The summed E-state index contributed by atoms with van der Waals surface area (Å²) in [5.74, 6) is -4.44. The monoisotopic (exact) mass is 396 g/mol. The number of urea groups is 1. The van der Waals surface area contributed by atoms with E-state index in [1.807, 2.05) is 41.9 Å². The summed E-state index contributed by atoms with van der Waals surface area (Å²) < 4.78 is 41.9. The maximum atomic E-state index is 13.7. The van der Waals surface area contributed by atoms with E-state index >= 15 is 0 Å². The predicted molar refractivity (Wildman–Crippen MR) is 104 cm³/mol. The van der Waals surface area contributed by atoms with Crippen molar-refractivity contribution in [1.29, 1.82) is 0 Å². The van der Waals surface area contributed by atoms with Crippen LogP contribution in [0.4, 0.5) is 29.3 Å². The number of hydrogen-bond acceptors (Lipinski definition) is 2. The van der Waals surface area contributed by atoms with Gasteiger partial charge in [-0.05, 0) is 42.8 Å². The van der Waals surface area contributed by atoms with Gasteiger partial charge in [0.25, 0.3) is 0 Å². The van der Waals surface area contributed by atoms with Gasteiger partial charge < -0.3 is 15.0 Å². The summed E-state index contributed by atoms with van der Waals surface area (Å²) in [6, 6.07) is 11.7. The van der Waals surface area contributed by atoms with Crippen LogP contribution in [-0.2, 0) is 0 Å². The summed E-state index contributed by atoms with van der Waals surface area (Å²) in [6.45, 7) is 1.96. The Morgan fingerprint density at radius 2 is 1.83 bits per heavy atom. The zero-order valence-corrected chi connectivity index (χ0v) is 15.2. The number of aryl methyl sites for hydroxylation is 1. The Kier molecular flexibility index (Phi) is 4.67. The fourth-order valence-electron chi connectivity index (χ4n) is 2.96. The quantitative estimate of drug-likeness (QED) is 0.458. The van der Waals surface area contributed by atoms with Crippen LogP contribution in [-0.4, -0.2) is 15.4 Å². The molecule has 2 heterocycles. The van der Waals surface area contributed by atoms with Crippen LogP contribution in [0.5, 0.6) is 0 Å². The SMILES string of the molecule is Cc1cccn2cc(-c3cccc(NC(=O)Nc4ccc(F)c(F)c4F)c3)nc12. The molecule has 4 aromatic rings. The zero-order chi connectivity index (χ0) is 20.5. The molecule has 0 fully saturated rings. The molecule has 29 heavy (non-hydrogen) atoms. The lowest BCUT2D eigenvalue weighted by Gasteiger charge is -2.10. The second-order valence-electron chi connectivity index (χ2n) is 6.43. The van der Waals surface area contributed by atoms with Crippen LogP contribution >= 0.6 is 0 Å². The van der Waals surface area contributed by atoms with Crippen molar-refractivity contribution in [3.63, 3.8) is 0 Å². The van der Waals surface area contributed by atoms with Crippen LogP contribution in [0.1, 0.15) is 5.56 Å². The molecule has 2 aromatic carbocycles. The average molecular weight is 396 g/mol. The minimum Gasteiger partial charge on any atom is -0.308 e. The molecule has 0 atom stereocenters. The molecule has 2 aromatic heterocycles. The topological polar surface area (TPSA) is 58.4 Å². The third-order valence-corrected chi connectivity index (χ3v) is 4.38. The number of imidazole rings is 1. The number of nitrogens with zero attached hydrogens (tertiary/aromatic N) is 2. The lowest BCUT2D eigenvalue weighted by atomic mass is 10.1. The molecule has 0 saturated carbocycles. The molecule has 0 spiro atoms. The highest BCUT2D eigenvalue weighted by Gasteiger charge is 2.15. The van der Waals surface area contributed by atoms with Crippen molar-refractivity contribution < 1.29 is 18.0 Å². The minimum absolute atomic E-state index is 0.428. The summed E-state index contributed by atoms with van der Waals surface area (Å²) in [4.78, 5) is 16.7. The maximum absolute atomic E-state index is 13.7. The first-order valence-corrected chi connectivity index (χ1v) is 8.68. The molecule has 0 unspecified atom stereocenters. The lowest BCUT2D eigenvalue weighted by molar-refractivity contribution is 0.262. The molecular weight excluding hydrogens is 381 g/mol. The van der Waals surface area contributed by atoms with E-state index in [-0.39, 0.29) is 0 Å². The van der Waals surface area contributed by atoms with Crippen molar-refractivity contribution in [1.82, 2.24) is 9.38 Å². The van der Waals surface area contributed by atoms with Crippen molar-refractivity contribution >= 4 is 23.1 Å². The van der Waals surface area contributed by atoms with Gasteiger partial charge in [-0.25, -0.2) is 22.9 Å². The number of carbonyl (C=O) groups excluding carboxylic acids is 1. The van der Waals surface area contributed by atoms with E-state index in [2.05, 4.69) is 15.6 Å². The highest BCUT2D eigenvalue weighted by molar-refractivity contribution is 6.00. The Labute approximate surface area is 163 Å². The number of amides is 2. The Hall–Kier alpha value is -3.81. The van der Waals surface area contributed by atoms with Crippen molar-refractivity contribution in [3.8, 4) is 11.3 Å². The van der Waals surface area contributed by atoms with E-state index in [9.17, 15) is 18.0 Å². The van der Waals surface area contributed by atoms with Crippen molar-refractivity contribution in [3.05, 3.63) is 83.9 Å². The van der Waals surface area contributed by atoms with Crippen molar-refractivity contribution in [2.75, 3.05) is 10.6 Å². The van der Waals surface area contributed by atoms with Gasteiger partial charge >= 0.3 is 6.03 Å². The standard InChI is InChI=1S/C21H15F3N4O/c1-12-4-3-9-28-11-17(26-20(12)28)13-5-2-6-14(10-13)25-21(29)27-16-8-7-15(22)18(23)19(16)24/h2-11H,1H3,(H2,25,27,29). The molecule has 5 nitrogen and oxygen atoms in total. The first kappa shape index (κ1) is 18.5. The number of halogens is 3. The van der Waals surface area contributed by atoms with Gasteiger partial charge in [0, 0.05) is 23.6 Å². The number of nitrogens with one attached hydrogen (secondary N) is 2. The fraction of sp³-hybridized carbons (Fsp3) is 0.0476. The molecule has 0 aliphatic rings. The van der Waals surface area contributed by atoms with Gasteiger partial charge in [-0.3, -0.25) is 0 Å². The summed E-state index contributed by atoms with van der Waals surface area (Å²) in [6.07, 6.45) is 3.77. The number of anilines is 2. The second-order valence-corrected chi connectivity index (χ2v) is 6.43. The zero-order valence-electron chi connectivity index (χ0n) is 15.2. The molecule has 8 heteroatoms. The van der Waals surface area contributed by atoms with Crippen LogP contribution in [0, 0.1) is 24.4 Å². The Morgan fingerprint density at radius 3 is 2.62 bits per heavy atom. The fourth-order valence-corrected chi connectivity index (χ4v) is 2.96. The van der Waals surface area contributed by atoms with Crippen molar-refractivity contribution in [2.45, 2.75) is 6.92 Å². The molecule has 4 rings (SSSR count). The molecule has 2 amide bonds. The number of carbonyl (C=O) groups is 1. The van der Waals surface area contributed by atoms with E-state index in [0.717, 1.165) is 34.6 Å². The molecule has 0 aliphatic heterocycles. The number of rotatable bonds is 3. The molecule has 0 bridgehead atoms. The molecule has 0 aliphatic carbocycles. The van der Waals surface area contributed by atoms with E-state index in [1.54, 1.807) is 18.2 Å². The summed E-state index contributed by atoms with van der Waals surface area (Å²) in [5.41, 5.74) is 3.30. The molecule has 2 N–H and O–H groups in total.